The zero-order valence-corrected chi connectivity index (χ0v) is 10.7. The molecule has 3 rings (SSSR count). The van der Waals surface area contributed by atoms with Crippen LogP contribution in [0.5, 0.6) is 0 Å². The van der Waals surface area contributed by atoms with Crippen molar-refractivity contribution in [2.24, 2.45) is 5.41 Å². The van der Waals surface area contributed by atoms with Crippen LogP contribution in [0.3, 0.4) is 0 Å². The number of hydrogen-bond donors (Lipinski definition) is 1. The lowest BCUT2D eigenvalue weighted by atomic mass is 9.78. The number of nitrogens with zero attached hydrogens (tertiary/aromatic N) is 3. The van der Waals surface area contributed by atoms with Crippen LogP contribution in [0.25, 0.3) is 0 Å². The van der Waals surface area contributed by atoms with Gasteiger partial charge in [-0.25, -0.2) is 4.98 Å². The van der Waals surface area contributed by atoms with Crippen LogP contribution in [0.2, 0.25) is 0 Å². The quantitative estimate of drug-likeness (QED) is 0.808. The molecule has 2 aliphatic heterocycles. The second kappa shape index (κ2) is 4.03. The van der Waals surface area contributed by atoms with Crippen LogP contribution >= 0.6 is 11.5 Å². The monoisotopic (exact) mass is 252 g/mol. The van der Waals surface area contributed by atoms with Crippen LogP contribution in [0.4, 0.5) is 5.13 Å². The van der Waals surface area contributed by atoms with Crippen molar-refractivity contribution in [2.45, 2.75) is 26.2 Å². The third kappa shape index (κ3) is 1.75. The number of rotatable bonds is 1. The summed E-state index contributed by atoms with van der Waals surface area (Å²) in [5.74, 6) is 1.01. The molecule has 1 spiro atoms. The molecule has 0 bridgehead atoms. The van der Waals surface area contributed by atoms with Crippen LogP contribution in [0.1, 0.15) is 25.1 Å². The summed E-state index contributed by atoms with van der Waals surface area (Å²) in [5.41, 5.74) is -0.120. The maximum Gasteiger partial charge on any atom is 0.235 e. The minimum absolute atomic E-state index is 0.120. The Bertz CT molecular complexity index is 438. The molecule has 2 fully saturated rings. The van der Waals surface area contributed by atoms with E-state index in [1.165, 1.54) is 11.5 Å². The molecule has 0 unspecified atom stereocenters. The van der Waals surface area contributed by atoms with Gasteiger partial charge in [0.25, 0.3) is 0 Å². The molecule has 92 valence electrons. The van der Waals surface area contributed by atoms with Crippen LogP contribution in [0, 0.1) is 12.3 Å². The second-order valence-corrected chi connectivity index (χ2v) is 5.59. The number of carbonyl (C=O) groups is 1. The standard InChI is InChI=1S/C11H16N4OS/c1-8-13-10(17-14-8)15-7-4-11(9(15)16)2-5-12-6-3-11/h12H,2-7H2,1H3. The third-order valence-corrected chi connectivity index (χ3v) is 4.65. The Balaban J connectivity index is 1.84. The summed E-state index contributed by atoms with van der Waals surface area (Å²) in [5, 5.41) is 4.09. The largest absolute Gasteiger partial charge is 0.317 e. The highest BCUT2D eigenvalue weighted by molar-refractivity contribution is 7.09. The highest BCUT2D eigenvalue weighted by Gasteiger charge is 2.48. The summed E-state index contributed by atoms with van der Waals surface area (Å²) in [6.07, 6.45) is 2.88. The maximum absolute atomic E-state index is 12.5. The molecule has 1 aromatic rings. The number of carbonyl (C=O) groups excluding carboxylic acids is 1. The lowest BCUT2D eigenvalue weighted by molar-refractivity contribution is -0.126. The average molecular weight is 252 g/mol. The van der Waals surface area contributed by atoms with Gasteiger partial charge in [-0.3, -0.25) is 9.69 Å². The van der Waals surface area contributed by atoms with Crippen molar-refractivity contribution in [3.05, 3.63) is 5.82 Å². The van der Waals surface area contributed by atoms with Crippen molar-refractivity contribution in [3.63, 3.8) is 0 Å². The summed E-state index contributed by atoms with van der Waals surface area (Å²) in [6.45, 7) is 4.57. The highest BCUT2D eigenvalue weighted by atomic mass is 32.1. The first-order valence-electron chi connectivity index (χ1n) is 6.04. The summed E-state index contributed by atoms with van der Waals surface area (Å²) >= 11 is 1.33. The van der Waals surface area contributed by atoms with Gasteiger partial charge in [0.2, 0.25) is 11.0 Å². The molecule has 0 saturated carbocycles. The first kappa shape index (κ1) is 11.1. The zero-order chi connectivity index (χ0) is 11.9. The minimum atomic E-state index is -0.120. The SMILES string of the molecule is Cc1nsc(N2CCC3(CCNCC3)C2=O)n1. The van der Waals surface area contributed by atoms with Crippen molar-refractivity contribution >= 4 is 22.6 Å². The number of nitrogens with one attached hydrogen (secondary N) is 1. The van der Waals surface area contributed by atoms with E-state index in [2.05, 4.69) is 14.7 Å². The molecule has 6 heteroatoms. The minimum Gasteiger partial charge on any atom is -0.317 e. The van der Waals surface area contributed by atoms with Gasteiger partial charge in [0.15, 0.2) is 0 Å². The molecular formula is C11H16N4OS. The molecule has 2 saturated heterocycles. The lowest BCUT2D eigenvalue weighted by Gasteiger charge is -2.31. The Morgan fingerprint density at radius 3 is 2.76 bits per heavy atom. The van der Waals surface area contributed by atoms with Crippen LogP contribution < -0.4 is 10.2 Å². The van der Waals surface area contributed by atoms with E-state index in [-0.39, 0.29) is 11.3 Å². The van der Waals surface area contributed by atoms with Gasteiger partial charge < -0.3 is 5.32 Å². The van der Waals surface area contributed by atoms with Gasteiger partial charge in [0, 0.05) is 18.1 Å². The van der Waals surface area contributed by atoms with Crippen molar-refractivity contribution in [1.29, 1.82) is 0 Å². The summed E-state index contributed by atoms with van der Waals surface area (Å²) in [7, 11) is 0. The molecule has 2 aliphatic rings. The topological polar surface area (TPSA) is 58.1 Å². The van der Waals surface area contributed by atoms with Gasteiger partial charge in [-0.05, 0) is 39.3 Å². The Kier molecular flexibility index (Phi) is 2.63. The van der Waals surface area contributed by atoms with Crippen molar-refractivity contribution in [1.82, 2.24) is 14.7 Å². The predicted octanol–water partition coefficient (Wildman–Crippen LogP) is 0.953. The molecular weight excluding hydrogens is 236 g/mol. The van der Waals surface area contributed by atoms with Crippen LogP contribution in [-0.2, 0) is 4.79 Å². The van der Waals surface area contributed by atoms with Crippen molar-refractivity contribution < 1.29 is 4.79 Å². The Morgan fingerprint density at radius 2 is 2.12 bits per heavy atom. The van der Waals surface area contributed by atoms with E-state index in [1.807, 2.05) is 11.8 Å². The smallest absolute Gasteiger partial charge is 0.235 e. The van der Waals surface area contributed by atoms with E-state index < -0.39 is 0 Å². The fraction of sp³-hybridized carbons (Fsp3) is 0.727. The van der Waals surface area contributed by atoms with Crippen LogP contribution in [-0.4, -0.2) is 34.9 Å². The molecule has 17 heavy (non-hydrogen) atoms. The third-order valence-electron chi connectivity index (χ3n) is 3.82. The van der Waals surface area contributed by atoms with Gasteiger partial charge in [-0.2, -0.15) is 4.37 Å². The van der Waals surface area contributed by atoms with E-state index in [1.54, 1.807) is 0 Å². The number of amides is 1. The highest BCUT2D eigenvalue weighted by Crippen LogP contribution is 2.41. The number of aromatic nitrogens is 2. The molecule has 0 atom stereocenters. The fourth-order valence-electron chi connectivity index (χ4n) is 2.77. The van der Waals surface area contributed by atoms with E-state index in [4.69, 9.17) is 0 Å². The van der Waals surface area contributed by atoms with Crippen molar-refractivity contribution in [3.8, 4) is 0 Å². The van der Waals surface area contributed by atoms with E-state index in [0.717, 1.165) is 49.9 Å². The molecule has 0 radical (unpaired) electrons. The van der Waals surface area contributed by atoms with E-state index >= 15 is 0 Å². The molecule has 1 amide bonds. The molecule has 0 aromatic carbocycles. The number of anilines is 1. The zero-order valence-electron chi connectivity index (χ0n) is 9.90. The van der Waals surface area contributed by atoms with Crippen LogP contribution in [0.15, 0.2) is 0 Å². The van der Waals surface area contributed by atoms with Crippen molar-refractivity contribution in [2.75, 3.05) is 24.5 Å². The van der Waals surface area contributed by atoms with Gasteiger partial charge in [0.1, 0.15) is 5.82 Å². The molecule has 0 aliphatic carbocycles. The number of hydrogen-bond acceptors (Lipinski definition) is 5. The molecule has 5 nitrogen and oxygen atoms in total. The normalized spacial score (nSPS) is 23.6. The van der Waals surface area contributed by atoms with E-state index in [0.29, 0.717) is 0 Å². The average Bonchev–Trinajstić information content (AvgIpc) is 2.88. The fourth-order valence-corrected chi connectivity index (χ4v) is 3.47. The second-order valence-electron chi connectivity index (χ2n) is 4.86. The Morgan fingerprint density at radius 1 is 1.35 bits per heavy atom. The molecule has 1 N–H and O–H groups in total. The molecule has 3 heterocycles. The lowest BCUT2D eigenvalue weighted by Crippen LogP contribution is -2.42. The summed E-state index contributed by atoms with van der Waals surface area (Å²) < 4.78 is 4.15. The van der Waals surface area contributed by atoms with Gasteiger partial charge >= 0.3 is 0 Å². The summed E-state index contributed by atoms with van der Waals surface area (Å²) in [4.78, 5) is 18.7. The Hall–Kier alpha value is -1.01. The van der Waals surface area contributed by atoms with Gasteiger partial charge in [-0.15, -0.1) is 0 Å². The Labute approximate surface area is 104 Å². The number of piperidine rings is 1. The summed E-state index contributed by atoms with van der Waals surface area (Å²) in [6, 6.07) is 0. The first-order valence-corrected chi connectivity index (χ1v) is 6.82. The van der Waals surface area contributed by atoms with E-state index in [9.17, 15) is 4.79 Å². The first-order chi connectivity index (χ1) is 8.21. The van der Waals surface area contributed by atoms with Gasteiger partial charge in [-0.1, -0.05) is 0 Å². The predicted molar refractivity (Wildman–Crippen MR) is 66.2 cm³/mol. The van der Waals surface area contributed by atoms with Gasteiger partial charge in [0.05, 0.1) is 5.41 Å². The number of aryl methyl sites for hydroxylation is 1. The maximum atomic E-state index is 12.5. The molecule has 1 aromatic heterocycles.